The predicted octanol–water partition coefficient (Wildman–Crippen LogP) is 2.10. The summed E-state index contributed by atoms with van der Waals surface area (Å²) in [5, 5.41) is 8.62. The Morgan fingerprint density at radius 1 is 1.38 bits per heavy atom. The molecule has 1 rings (SSSR count). The third-order valence-corrected chi connectivity index (χ3v) is 1.62. The summed E-state index contributed by atoms with van der Waals surface area (Å²) in [5.41, 5.74) is -0.765. The molecule has 0 heterocycles. The molecular weight excluding hydrogens is 229 g/mol. The lowest BCUT2D eigenvalue weighted by Crippen LogP contribution is -2.17. The zero-order valence-corrected chi connectivity index (χ0v) is 7.62. The molecule has 0 aliphatic rings. The standard InChI is InChI=1S/C9H5F3O4/c10-9(11,12)16-6-2-1-5(4-13)7(3-6)8(14)15/h1-4H,(H,14,15). The van der Waals surface area contributed by atoms with E-state index in [0.717, 1.165) is 12.1 Å². The van der Waals surface area contributed by atoms with E-state index in [2.05, 4.69) is 4.74 Å². The maximum Gasteiger partial charge on any atom is 0.573 e. The van der Waals surface area contributed by atoms with Crippen LogP contribution in [0.15, 0.2) is 18.2 Å². The monoisotopic (exact) mass is 234 g/mol. The zero-order valence-electron chi connectivity index (χ0n) is 7.62. The second-order valence-corrected chi connectivity index (χ2v) is 2.72. The number of benzene rings is 1. The average Bonchev–Trinajstić information content (AvgIpc) is 2.15. The number of aldehydes is 1. The molecule has 0 atom stereocenters. The van der Waals surface area contributed by atoms with Crippen molar-refractivity contribution in [3.8, 4) is 5.75 Å². The Morgan fingerprint density at radius 3 is 2.44 bits per heavy atom. The number of carboxylic acid groups (broad SMARTS) is 1. The van der Waals surface area contributed by atoms with Gasteiger partial charge in [-0.25, -0.2) is 4.79 Å². The molecule has 1 N–H and O–H groups in total. The lowest BCUT2D eigenvalue weighted by atomic mass is 10.1. The Balaban J connectivity index is 3.12. The Labute approximate surface area is 87.3 Å². The highest BCUT2D eigenvalue weighted by Gasteiger charge is 2.31. The Hall–Kier alpha value is -2.05. The number of carbonyl (C=O) groups is 2. The molecule has 1 aromatic rings. The summed E-state index contributed by atoms with van der Waals surface area (Å²) in [4.78, 5) is 21.0. The molecular formula is C9H5F3O4. The molecule has 4 nitrogen and oxygen atoms in total. The lowest BCUT2D eigenvalue weighted by molar-refractivity contribution is -0.274. The summed E-state index contributed by atoms with van der Waals surface area (Å²) in [6.07, 6.45) is -4.67. The number of ether oxygens (including phenoxy) is 1. The number of hydrogen-bond acceptors (Lipinski definition) is 3. The van der Waals surface area contributed by atoms with Crippen molar-refractivity contribution in [3.05, 3.63) is 29.3 Å². The third-order valence-electron chi connectivity index (χ3n) is 1.62. The molecule has 0 unspecified atom stereocenters. The summed E-state index contributed by atoms with van der Waals surface area (Å²) < 4.78 is 39.0. The molecule has 0 bridgehead atoms. The minimum Gasteiger partial charge on any atom is -0.478 e. The van der Waals surface area contributed by atoms with E-state index in [1.807, 2.05) is 0 Å². The van der Waals surface area contributed by atoms with Crippen LogP contribution >= 0.6 is 0 Å². The number of hydrogen-bond donors (Lipinski definition) is 1. The van der Waals surface area contributed by atoms with Gasteiger partial charge in [-0.15, -0.1) is 13.2 Å². The van der Waals surface area contributed by atoms with Crippen molar-refractivity contribution in [2.45, 2.75) is 6.36 Å². The van der Waals surface area contributed by atoms with Crippen LogP contribution in [0.2, 0.25) is 0 Å². The molecule has 0 aromatic heterocycles. The molecule has 1 aromatic carbocycles. The molecule has 86 valence electrons. The van der Waals surface area contributed by atoms with E-state index in [9.17, 15) is 22.8 Å². The summed E-state index contributed by atoms with van der Waals surface area (Å²) in [5.74, 6) is -2.19. The zero-order chi connectivity index (χ0) is 12.3. The van der Waals surface area contributed by atoms with Crippen LogP contribution in [0.4, 0.5) is 13.2 Å². The predicted molar refractivity (Wildman–Crippen MR) is 45.5 cm³/mol. The van der Waals surface area contributed by atoms with Gasteiger partial charge in [0.05, 0.1) is 5.56 Å². The molecule has 0 saturated carbocycles. The minimum absolute atomic E-state index is 0.220. The first-order valence-corrected chi connectivity index (χ1v) is 3.92. The van der Waals surface area contributed by atoms with E-state index >= 15 is 0 Å². The van der Waals surface area contributed by atoms with Crippen molar-refractivity contribution in [1.82, 2.24) is 0 Å². The quantitative estimate of drug-likeness (QED) is 0.813. The fourth-order valence-electron chi connectivity index (χ4n) is 1.02. The fourth-order valence-corrected chi connectivity index (χ4v) is 1.02. The number of aromatic carboxylic acids is 1. The highest BCUT2D eigenvalue weighted by molar-refractivity contribution is 5.97. The highest BCUT2D eigenvalue weighted by atomic mass is 19.4. The van der Waals surface area contributed by atoms with Gasteiger partial charge in [0.25, 0.3) is 0 Å². The number of halogens is 3. The average molecular weight is 234 g/mol. The van der Waals surface area contributed by atoms with Crippen LogP contribution in [0, 0.1) is 0 Å². The lowest BCUT2D eigenvalue weighted by Gasteiger charge is -2.09. The van der Waals surface area contributed by atoms with Gasteiger partial charge in [0.2, 0.25) is 0 Å². The maximum atomic E-state index is 11.8. The van der Waals surface area contributed by atoms with Crippen LogP contribution in [-0.2, 0) is 0 Å². The summed E-state index contributed by atoms with van der Waals surface area (Å²) in [6, 6.07) is 2.45. The fraction of sp³-hybridized carbons (Fsp3) is 0.111. The van der Waals surface area contributed by atoms with Gasteiger partial charge in [-0.2, -0.15) is 0 Å². The van der Waals surface area contributed by atoms with Gasteiger partial charge in [-0.3, -0.25) is 4.79 Å². The molecule has 16 heavy (non-hydrogen) atoms. The summed E-state index contributed by atoms with van der Waals surface area (Å²) >= 11 is 0. The molecule has 0 aliphatic heterocycles. The molecule has 7 heteroatoms. The number of alkyl halides is 3. The largest absolute Gasteiger partial charge is 0.573 e. The van der Waals surface area contributed by atoms with E-state index in [0.29, 0.717) is 6.07 Å². The van der Waals surface area contributed by atoms with Gasteiger partial charge in [0.1, 0.15) is 5.75 Å². The molecule has 0 aliphatic carbocycles. The SMILES string of the molecule is O=Cc1ccc(OC(F)(F)F)cc1C(=O)O. The number of carbonyl (C=O) groups excluding carboxylic acids is 1. The van der Waals surface area contributed by atoms with Crippen LogP contribution in [0.1, 0.15) is 20.7 Å². The van der Waals surface area contributed by atoms with Gasteiger partial charge in [0.15, 0.2) is 6.29 Å². The van der Waals surface area contributed by atoms with Gasteiger partial charge in [-0.05, 0) is 18.2 Å². The first-order chi connectivity index (χ1) is 7.33. The highest BCUT2D eigenvalue weighted by Crippen LogP contribution is 2.24. The number of carboxylic acids is 1. The Bertz CT molecular complexity index is 425. The van der Waals surface area contributed by atoms with Crippen LogP contribution in [0.25, 0.3) is 0 Å². The van der Waals surface area contributed by atoms with Crippen LogP contribution in [0.5, 0.6) is 5.75 Å². The van der Waals surface area contributed by atoms with Crippen molar-refractivity contribution in [2.24, 2.45) is 0 Å². The minimum atomic E-state index is -4.90. The summed E-state index contributed by atoms with van der Waals surface area (Å²) in [6.45, 7) is 0. The van der Waals surface area contributed by atoms with E-state index < -0.39 is 23.6 Å². The van der Waals surface area contributed by atoms with Gasteiger partial charge >= 0.3 is 12.3 Å². The van der Waals surface area contributed by atoms with Gasteiger partial charge in [0, 0.05) is 5.56 Å². The number of rotatable bonds is 3. The smallest absolute Gasteiger partial charge is 0.478 e. The van der Waals surface area contributed by atoms with Gasteiger partial charge < -0.3 is 9.84 Å². The van der Waals surface area contributed by atoms with Crippen molar-refractivity contribution >= 4 is 12.3 Å². The summed E-state index contributed by atoms with van der Waals surface area (Å²) in [7, 11) is 0. The van der Waals surface area contributed by atoms with Crippen molar-refractivity contribution < 1.29 is 32.6 Å². The first-order valence-electron chi connectivity index (χ1n) is 3.92. The van der Waals surface area contributed by atoms with E-state index in [1.165, 1.54) is 0 Å². The van der Waals surface area contributed by atoms with Crippen LogP contribution in [0.3, 0.4) is 0 Å². The third kappa shape index (κ3) is 2.97. The molecule has 0 fully saturated rings. The van der Waals surface area contributed by atoms with Crippen molar-refractivity contribution in [2.75, 3.05) is 0 Å². The maximum absolute atomic E-state index is 11.8. The van der Waals surface area contributed by atoms with E-state index in [-0.39, 0.29) is 11.8 Å². The second kappa shape index (κ2) is 4.21. The molecule has 0 spiro atoms. The van der Waals surface area contributed by atoms with Crippen LogP contribution in [-0.4, -0.2) is 23.7 Å². The van der Waals surface area contributed by atoms with Crippen molar-refractivity contribution in [3.63, 3.8) is 0 Å². The Kier molecular flexibility index (Phi) is 3.17. The molecule has 0 amide bonds. The second-order valence-electron chi connectivity index (χ2n) is 2.72. The topological polar surface area (TPSA) is 63.6 Å². The molecule has 0 radical (unpaired) electrons. The molecule has 0 saturated heterocycles. The van der Waals surface area contributed by atoms with E-state index in [4.69, 9.17) is 5.11 Å². The van der Waals surface area contributed by atoms with Crippen LogP contribution < -0.4 is 4.74 Å². The normalized spacial score (nSPS) is 10.9. The van der Waals surface area contributed by atoms with Crippen molar-refractivity contribution in [1.29, 1.82) is 0 Å². The van der Waals surface area contributed by atoms with E-state index in [1.54, 1.807) is 0 Å². The first kappa shape index (κ1) is 12.0. The van der Waals surface area contributed by atoms with Gasteiger partial charge in [-0.1, -0.05) is 0 Å². The Morgan fingerprint density at radius 2 is 2.00 bits per heavy atom.